The minimum atomic E-state index is -0.370. The number of nitrogens with zero attached hydrogens (tertiary/aromatic N) is 3. The third-order valence-corrected chi connectivity index (χ3v) is 9.24. The fourth-order valence-corrected chi connectivity index (χ4v) is 7.28. The van der Waals surface area contributed by atoms with E-state index in [2.05, 4.69) is 70.5 Å². The summed E-state index contributed by atoms with van der Waals surface area (Å²) in [5.41, 5.74) is 5.72. The van der Waals surface area contributed by atoms with Crippen LogP contribution in [-0.4, -0.2) is 46.9 Å². The van der Waals surface area contributed by atoms with Gasteiger partial charge in [0.2, 0.25) is 0 Å². The Morgan fingerprint density at radius 1 is 1.11 bits per heavy atom. The summed E-state index contributed by atoms with van der Waals surface area (Å²) in [5, 5.41) is 10.2. The highest BCUT2D eigenvalue weighted by molar-refractivity contribution is 9.10. The lowest BCUT2D eigenvalue weighted by Gasteiger charge is -2.51. The number of benzene rings is 2. The number of fused-ring (bicyclic) bond motifs is 4. The Bertz CT molecular complexity index is 1400. The van der Waals surface area contributed by atoms with E-state index in [0.29, 0.717) is 17.6 Å². The summed E-state index contributed by atoms with van der Waals surface area (Å²) < 4.78 is 0.979. The summed E-state index contributed by atoms with van der Waals surface area (Å²) in [6.45, 7) is 11.1. The molecule has 1 saturated carbocycles. The number of ketones is 1. The Morgan fingerprint density at radius 2 is 1.83 bits per heavy atom. The standard InChI is InChI=1S/C29H31BrN4O/c1-16-14-33(15-17(2)34(16)19-6-5-7-19)25-12-22-21(11-23(25)30)27(35)26-20-9-8-18(13-31)10-24(20)32-28(26)29(22,3)4/h8-12,16-17,19,32H,5-7,14-15H2,1-4H3. The first-order chi connectivity index (χ1) is 16.7. The van der Waals surface area contributed by atoms with Crippen LogP contribution < -0.4 is 4.90 Å². The topological polar surface area (TPSA) is 63.1 Å². The van der Waals surface area contributed by atoms with Crippen LogP contribution >= 0.6 is 15.9 Å². The largest absolute Gasteiger partial charge is 0.367 e. The highest BCUT2D eigenvalue weighted by Gasteiger charge is 2.42. The first kappa shape index (κ1) is 22.8. The van der Waals surface area contributed by atoms with Gasteiger partial charge in [-0.25, -0.2) is 0 Å². The molecular weight excluding hydrogens is 500 g/mol. The highest BCUT2D eigenvalue weighted by atomic mass is 79.9. The van der Waals surface area contributed by atoms with Crippen molar-refractivity contribution in [3.8, 4) is 6.07 Å². The number of nitriles is 1. The van der Waals surface area contributed by atoms with Crippen molar-refractivity contribution < 1.29 is 4.79 Å². The minimum absolute atomic E-state index is 0.0501. The Morgan fingerprint density at radius 3 is 2.46 bits per heavy atom. The van der Waals surface area contributed by atoms with E-state index >= 15 is 0 Å². The van der Waals surface area contributed by atoms with Crippen molar-refractivity contribution in [2.45, 2.75) is 70.5 Å². The van der Waals surface area contributed by atoms with E-state index < -0.39 is 0 Å². The maximum absolute atomic E-state index is 13.8. The second kappa shape index (κ2) is 7.94. The first-order valence-corrected chi connectivity index (χ1v) is 13.5. The SMILES string of the molecule is CC1CN(c2cc3c(cc2Br)C(=O)c2c([nH]c4cc(C#N)ccc24)C3(C)C)CC(C)N1C1CCC1. The molecule has 1 aromatic heterocycles. The van der Waals surface area contributed by atoms with E-state index in [-0.39, 0.29) is 11.2 Å². The third kappa shape index (κ3) is 3.32. The average molecular weight is 531 g/mol. The summed E-state index contributed by atoms with van der Waals surface area (Å²) in [6, 6.07) is 13.7. The molecule has 2 aliphatic carbocycles. The maximum Gasteiger partial charge on any atom is 0.195 e. The first-order valence-electron chi connectivity index (χ1n) is 12.7. The average Bonchev–Trinajstić information content (AvgIpc) is 3.18. The van der Waals surface area contributed by atoms with Crippen molar-refractivity contribution in [1.29, 1.82) is 5.26 Å². The second-order valence-electron chi connectivity index (χ2n) is 11.2. The van der Waals surface area contributed by atoms with Crippen LogP contribution in [-0.2, 0) is 5.41 Å². The van der Waals surface area contributed by atoms with Crippen molar-refractivity contribution in [3.63, 3.8) is 0 Å². The molecule has 2 atom stereocenters. The molecule has 0 bridgehead atoms. The lowest BCUT2D eigenvalue weighted by molar-refractivity contribution is 0.0373. The number of halogens is 1. The van der Waals surface area contributed by atoms with Crippen LogP contribution in [0, 0.1) is 11.3 Å². The van der Waals surface area contributed by atoms with Crippen molar-refractivity contribution in [2.24, 2.45) is 0 Å². The van der Waals surface area contributed by atoms with Gasteiger partial charge in [-0.3, -0.25) is 9.69 Å². The van der Waals surface area contributed by atoms with Gasteiger partial charge in [-0.05, 0) is 72.4 Å². The van der Waals surface area contributed by atoms with E-state index in [1.807, 2.05) is 18.2 Å². The highest BCUT2D eigenvalue weighted by Crippen LogP contribution is 2.47. The molecule has 2 heterocycles. The molecule has 1 saturated heterocycles. The minimum Gasteiger partial charge on any atom is -0.367 e. The predicted molar refractivity (Wildman–Crippen MR) is 143 cm³/mol. The molecular formula is C29H31BrN4O. The van der Waals surface area contributed by atoms with E-state index in [1.165, 1.54) is 24.9 Å². The van der Waals surface area contributed by atoms with Gasteiger partial charge in [-0.15, -0.1) is 0 Å². The monoisotopic (exact) mass is 530 g/mol. The van der Waals surface area contributed by atoms with Crippen molar-refractivity contribution >= 4 is 38.3 Å². The predicted octanol–water partition coefficient (Wildman–Crippen LogP) is 6.12. The number of aromatic amines is 1. The number of rotatable bonds is 2. The van der Waals surface area contributed by atoms with E-state index in [4.69, 9.17) is 0 Å². The van der Waals surface area contributed by atoms with Crippen molar-refractivity contribution in [1.82, 2.24) is 9.88 Å². The second-order valence-corrected chi connectivity index (χ2v) is 12.0. The van der Waals surface area contributed by atoms with E-state index in [1.54, 1.807) is 6.07 Å². The molecule has 3 aromatic rings. The summed E-state index contributed by atoms with van der Waals surface area (Å²) in [7, 11) is 0. The van der Waals surface area contributed by atoms with Crippen LogP contribution in [0.2, 0.25) is 0 Å². The molecule has 5 nitrogen and oxygen atoms in total. The Hall–Kier alpha value is -2.62. The van der Waals surface area contributed by atoms with Crippen LogP contribution in [0.5, 0.6) is 0 Å². The molecule has 3 aliphatic rings. The van der Waals surface area contributed by atoms with Crippen LogP contribution in [0.3, 0.4) is 0 Å². The zero-order valence-corrected chi connectivity index (χ0v) is 22.4. The number of anilines is 1. The molecule has 2 fully saturated rings. The van der Waals surface area contributed by atoms with E-state index in [9.17, 15) is 10.1 Å². The molecule has 0 spiro atoms. The van der Waals surface area contributed by atoms with Crippen molar-refractivity contribution in [2.75, 3.05) is 18.0 Å². The molecule has 6 rings (SSSR count). The quantitative estimate of drug-likeness (QED) is 0.433. The normalized spacial score (nSPS) is 24.1. The van der Waals surface area contributed by atoms with Gasteiger partial charge >= 0.3 is 0 Å². The fourth-order valence-electron chi connectivity index (χ4n) is 6.69. The summed E-state index contributed by atoms with van der Waals surface area (Å²) >= 11 is 3.83. The molecule has 2 unspecified atom stereocenters. The van der Waals surface area contributed by atoms with E-state index in [0.717, 1.165) is 56.9 Å². The fraction of sp³-hybridized carbons (Fsp3) is 0.448. The van der Waals surface area contributed by atoms with Gasteiger partial charge in [0.15, 0.2) is 5.78 Å². The molecule has 6 heteroatoms. The van der Waals surface area contributed by atoms with Gasteiger partial charge in [-0.2, -0.15) is 5.26 Å². The summed E-state index contributed by atoms with van der Waals surface area (Å²) in [5.74, 6) is 0.0501. The molecule has 0 radical (unpaired) electrons. The van der Waals surface area contributed by atoms with Gasteiger partial charge in [0, 0.05) is 63.3 Å². The molecule has 1 aliphatic heterocycles. The smallest absolute Gasteiger partial charge is 0.195 e. The van der Waals surface area contributed by atoms with Gasteiger partial charge in [-0.1, -0.05) is 26.3 Å². The van der Waals surface area contributed by atoms with Crippen LogP contribution in [0.4, 0.5) is 5.69 Å². The Balaban J connectivity index is 1.42. The zero-order chi connectivity index (χ0) is 24.6. The number of aromatic nitrogens is 1. The Labute approximate surface area is 215 Å². The maximum atomic E-state index is 13.8. The number of carbonyl (C=O) groups excluding carboxylic acids is 1. The number of hydrogen-bond acceptors (Lipinski definition) is 4. The number of piperazine rings is 1. The van der Waals surface area contributed by atoms with Crippen LogP contribution in [0.1, 0.15) is 79.7 Å². The molecule has 2 aromatic carbocycles. The lowest BCUT2D eigenvalue weighted by Crippen LogP contribution is -2.61. The zero-order valence-electron chi connectivity index (χ0n) is 20.8. The molecule has 0 amide bonds. The van der Waals surface area contributed by atoms with Gasteiger partial charge < -0.3 is 9.88 Å². The van der Waals surface area contributed by atoms with Gasteiger partial charge in [0.1, 0.15) is 0 Å². The number of hydrogen-bond donors (Lipinski definition) is 1. The van der Waals surface area contributed by atoms with Gasteiger partial charge in [0.05, 0.1) is 22.9 Å². The van der Waals surface area contributed by atoms with Gasteiger partial charge in [0.25, 0.3) is 0 Å². The Kier molecular flexibility index (Phi) is 5.18. The van der Waals surface area contributed by atoms with Crippen LogP contribution in [0.25, 0.3) is 10.9 Å². The number of nitrogens with one attached hydrogen (secondary N) is 1. The molecule has 180 valence electrons. The third-order valence-electron chi connectivity index (χ3n) is 8.61. The summed E-state index contributed by atoms with van der Waals surface area (Å²) in [6.07, 6.45) is 4.02. The van der Waals surface area contributed by atoms with Crippen LogP contribution in [0.15, 0.2) is 34.8 Å². The molecule has 1 N–H and O–H groups in total. The number of carbonyl (C=O) groups is 1. The van der Waals surface area contributed by atoms with Crippen molar-refractivity contribution in [3.05, 3.63) is 62.8 Å². The number of H-pyrrole nitrogens is 1. The summed E-state index contributed by atoms with van der Waals surface area (Å²) in [4.78, 5) is 22.5. The lowest BCUT2D eigenvalue weighted by atomic mass is 9.71. The molecule has 35 heavy (non-hydrogen) atoms.